The van der Waals surface area contributed by atoms with Crippen LogP contribution in [0, 0.1) is 0 Å². The van der Waals surface area contributed by atoms with Crippen LogP contribution < -0.4 is 0 Å². The van der Waals surface area contributed by atoms with Crippen molar-refractivity contribution in [2.24, 2.45) is 0 Å². The van der Waals surface area contributed by atoms with Crippen molar-refractivity contribution in [2.75, 3.05) is 6.61 Å². The molecule has 0 aromatic heterocycles. The Morgan fingerprint density at radius 3 is 2.00 bits per heavy atom. The second kappa shape index (κ2) is 4.38. The summed E-state index contributed by atoms with van der Waals surface area (Å²) >= 11 is 0. The second-order valence-corrected chi connectivity index (χ2v) is 3.47. The molecule has 72 valence electrons. The van der Waals surface area contributed by atoms with Gasteiger partial charge in [-0.1, -0.05) is 38.1 Å². The van der Waals surface area contributed by atoms with Crippen molar-refractivity contribution in [1.82, 2.24) is 0 Å². The number of aliphatic hydroxyl groups is 1. The summed E-state index contributed by atoms with van der Waals surface area (Å²) in [6.45, 7) is 3.74. The van der Waals surface area contributed by atoms with E-state index in [1.54, 1.807) is 12.1 Å². The van der Waals surface area contributed by atoms with Gasteiger partial charge in [-0.3, -0.25) is 0 Å². The molecule has 1 nitrogen and oxygen atoms in total. The number of hydrogen-bond acceptors (Lipinski definition) is 1. The number of benzene rings is 1. The zero-order chi connectivity index (χ0) is 9.84. The average molecular weight is 182 g/mol. The van der Waals surface area contributed by atoms with Gasteiger partial charge in [-0.15, -0.1) is 0 Å². The van der Waals surface area contributed by atoms with E-state index in [-0.39, 0.29) is 0 Å². The van der Waals surface area contributed by atoms with Crippen molar-refractivity contribution in [3.63, 3.8) is 0 Å². The van der Waals surface area contributed by atoms with E-state index < -0.39 is 12.8 Å². The van der Waals surface area contributed by atoms with Crippen molar-refractivity contribution in [3.05, 3.63) is 35.4 Å². The molecule has 0 aliphatic carbocycles. The van der Waals surface area contributed by atoms with Crippen molar-refractivity contribution in [1.29, 1.82) is 0 Å². The van der Waals surface area contributed by atoms with E-state index in [4.69, 9.17) is 5.11 Å². The number of rotatable bonds is 3. The van der Waals surface area contributed by atoms with E-state index in [0.29, 0.717) is 11.5 Å². The molecule has 0 aliphatic heterocycles. The quantitative estimate of drug-likeness (QED) is 0.762. The van der Waals surface area contributed by atoms with Gasteiger partial charge in [0.05, 0.1) is 6.61 Å². The molecule has 0 aliphatic rings. The summed E-state index contributed by atoms with van der Waals surface area (Å²) in [6, 6.07) is 7.27. The molecular formula is C11H15FO. The van der Waals surface area contributed by atoms with Gasteiger partial charge in [-0.2, -0.15) is 0 Å². The van der Waals surface area contributed by atoms with E-state index >= 15 is 0 Å². The van der Waals surface area contributed by atoms with Crippen LogP contribution in [-0.4, -0.2) is 11.7 Å². The van der Waals surface area contributed by atoms with Gasteiger partial charge >= 0.3 is 0 Å². The summed E-state index contributed by atoms with van der Waals surface area (Å²) in [5.41, 5.74) is 1.74. The summed E-state index contributed by atoms with van der Waals surface area (Å²) in [6.07, 6.45) is -1.25. The largest absolute Gasteiger partial charge is 0.393 e. The highest BCUT2D eigenvalue weighted by atomic mass is 19.1. The van der Waals surface area contributed by atoms with Gasteiger partial charge in [0.2, 0.25) is 0 Å². The maximum atomic E-state index is 12.9. The molecule has 1 atom stereocenters. The average Bonchev–Trinajstić information content (AvgIpc) is 2.17. The predicted octanol–water partition coefficient (Wildman–Crippen LogP) is 2.81. The molecule has 1 aromatic rings. The van der Waals surface area contributed by atoms with Crippen LogP contribution in [0.4, 0.5) is 4.39 Å². The Morgan fingerprint density at radius 1 is 1.15 bits per heavy atom. The Bertz CT molecular complexity index is 253. The number of aliphatic hydroxyl groups excluding tert-OH is 1. The first-order valence-corrected chi connectivity index (χ1v) is 4.50. The summed E-state index contributed by atoms with van der Waals surface area (Å²) in [5, 5.41) is 8.59. The molecule has 0 radical (unpaired) electrons. The van der Waals surface area contributed by atoms with E-state index in [2.05, 4.69) is 13.8 Å². The van der Waals surface area contributed by atoms with Gasteiger partial charge in [-0.25, -0.2) is 4.39 Å². The lowest BCUT2D eigenvalue weighted by atomic mass is 10.0. The molecule has 1 rings (SSSR count). The topological polar surface area (TPSA) is 20.2 Å². The van der Waals surface area contributed by atoms with Crippen LogP contribution in [0.1, 0.15) is 37.1 Å². The lowest BCUT2D eigenvalue weighted by molar-refractivity contribution is 0.180. The summed E-state index contributed by atoms with van der Waals surface area (Å²) in [7, 11) is 0. The second-order valence-electron chi connectivity index (χ2n) is 3.47. The Kier molecular flexibility index (Phi) is 3.43. The van der Waals surface area contributed by atoms with Crippen LogP contribution in [0.2, 0.25) is 0 Å². The van der Waals surface area contributed by atoms with Crippen LogP contribution in [0.5, 0.6) is 0 Å². The first-order valence-electron chi connectivity index (χ1n) is 4.50. The highest BCUT2D eigenvalue weighted by Crippen LogP contribution is 2.20. The minimum Gasteiger partial charge on any atom is -0.393 e. The summed E-state index contributed by atoms with van der Waals surface area (Å²) in [4.78, 5) is 0. The minimum absolute atomic E-state index is 0.443. The highest BCUT2D eigenvalue weighted by molar-refractivity contribution is 5.26. The van der Waals surface area contributed by atoms with Crippen LogP contribution in [0.15, 0.2) is 24.3 Å². The standard InChI is InChI=1S/C11H15FO/c1-8(2)9-3-5-10(6-4-9)11(12)7-13/h3-6,8,11,13H,7H2,1-2H3. The van der Waals surface area contributed by atoms with E-state index in [1.807, 2.05) is 12.1 Å². The highest BCUT2D eigenvalue weighted by Gasteiger charge is 2.07. The molecule has 1 unspecified atom stereocenters. The van der Waals surface area contributed by atoms with Gasteiger partial charge in [0.25, 0.3) is 0 Å². The maximum absolute atomic E-state index is 12.9. The van der Waals surface area contributed by atoms with E-state index in [0.717, 1.165) is 0 Å². The molecule has 0 heterocycles. The molecule has 1 aromatic carbocycles. The normalized spacial score (nSPS) is 13.3. The Balaban J connectivity index is 2.81. The molecule has 13 heavy (non-hydrogen) atoms. The fourth-order valence-corrected chi connectivity index (χ4v) is 1.20. The van der Waals surface area contributed by atoms with Gasteiger partial charge in [-0.05, 0) is 17.0 Å². The predicted molar refractivity (Wildman–Crippen MR) is 51.5 cm³/mol. The first-order chi connectivity index (χ1) is 6.15. The Labute approximate surface area is 78.2 Å². The molecular weight excluding hydrogens is 167 g/mol. The monoisotopic (exact) mass is 182 g/mol. The molecule has 1 N–H and O–H groups in total. The fraction of sp³-hybridized carbons (Fsp3) is 0.455. The van der Waals surface area contributed by atoms with Gasteiger partial charge in [0, 0.05) is 0 Å². The van der Waals surface area contributed by atoms with Crippen molar-refractivity contribution in [2.45, 2.75) is 25.9 Å². The lowest BCUT2D eigenvalue weighted by Gasteiger charge is -2.08. The third-order valence-electron chi connectivity index (χ3n) is 2.13. The van der Waals surface area contributed by atoms with Crippen LogP contribution in [-0.2, 0) is 0 Å². The molecule has 0 saturated carbocycles. The smallest absolute Gasteiger partial charge is 0.148 e. The van der Waals surface area contributed by atoms with Crippen LogP contribution in [0.3, 0.4) is 0 Å². The van der Waals surface area contributed by atoms with Crippen molar-refractivity contribution < 1.29 is 9.50 Å². The third kappa shape index (κ3) is 2.52. The summed E-state index contributed by atoms with van der Waals surface area (Å²) in [5.74, 6) is 0.459. The molecule has 0 fully saturated rings. The molecule has 0 spiro atoms. The van der Waals surface area contributed by atoms with E-state index in [1.165, 1.54) is 5.56 Å². The first kappa shape index (κ1) is 10.2. The summed E-state index contributed by atoms with van der Waals surface area (Å²) < 4.78 is 12.9. The SMILES string of the molecule is CC(C)c1ccc(C(F)CO)cc1. The Morgan fingerprint density at radius 2 is 1.62 bits per heavy atom. The zero-order valence-corrected chi connectivity index (χ0v) is 8.00. The zero-order valence-electron chi connectivity index (χ0n) is 8.00. The Hall–Kier alpha value is -0.890. The number of alkyl halides is 1. The number of hydrogen-bond donors (Lipinski definition) is 1. The number of halogens is 1. The van der Waals surface area contributed by atoms with Gasteiger partial charge < -0.3 is 5.11 Å². The molecule has 2 heteroatoms. The molecule has 0 amide bonds. The van der Waals surface area contributed by atoms with Crippen LogP contribution in [0.25, 0.3) is 0 Å². The van der Waals surface area contributed by atoms with Crippen molar-refractivity contribution >= 4 is 0 Å². The van der Waals surface area contributed by atoms with Crippen LogP contribution >= 0.6 is 0 Å². The maximum Gasteiger partial charge on any atom is 0.148 e. The van der Waals surface area contributed by atoms with Gasteiger partial charge in [0.1, 0.15) is 6.17 Å². The fourth-order valence-electron chi connectivity index (χ4n) is 1.20. The van der Waals surface area contributed by atoms with E-state index in [9.17, 15) is 4.39 Å². The third-order valence-corrected chi connectivity index (χ3v) is 2.13. The molecule has 0 saturated heterocycles. The molecule has 0 bridgehead atoms. The lowest BCUT2D eigenvalue weighted by Crippen LogP contribution is -1.97. The minimum atomic E-state index is -1.25. The van der Waals surface area contributed by atoms with Crippen molar-refractivity contribution in [3.8, 4) is 0 Å². The van der Waals surface area contributed by atoms with Gasteiger partial charge in [0.15, 0.2) is 0 Å².